The van der Waals surface area contributed by atoms with Gasteiger partial charge in [-0.2, -0.15) is 0 Å². The van der Waals surface area contributed by atoms with Gasteiger partial charge < -0.3 is 14.0 Å². The standard InChI is InChI=1S/C43H33N2OS.C13H12N.Ir/c1-25(2)34-23-28(27-13-6-5-7-14-27)24-35(26(3)4)39(34)45-37-19-10-9-18-36(37)44-43(45)33-17-12-16-30-31-21-22-32-29-15-8-11-20-38(29)47-42(32)41(31)46-40(30)33;1-10-3-6-12(7-4-10)13-8-5-11(2)9-14-13;/h5-16,18-26H,1-4H3;3-6,8-9H,1-2H3;/q2*-1;/i;2D3;. The molecular formula is C56H45IrN3OS-2. The average molecular weight is 1000 g/mol. The van der Waals surface area contributed by atoms with Gasteiger partial charge in [-0.15, -0.1) is 64.9 Å². The molecule has 0 aliphatic rings. The van der Waals surface area contributed by atoms with Gasteiger partial charge in [0, 0.05) is 57.0 Å². The topological polar surface area (TPSA) is 43.9 Å². The normalized spacial score (nSPS) is 12.5. The Morgan fingerprint density at radius 2 is 1.39 bits per heavy atom. The van der Waals surface area contributed by atoms with Crippen LogP contribution in [-0.4, -0.2) is 14.5 Å². The number of pyridine rings is 1. The Bertz CT molecular complexity index is 3470. The Labute approximate surface area is 384 Å². The molecule has 0 N–H and O–H groups in total. The van der Waals surface area contributed by atoms with E-state index in [-0.39, 0.29) is 37.5 Å². The van der Waals surface area contributed by atoms with Crippen LogP contribution in [0.25, 0.3) is 92.6 Å². The van der Waals surface area contributed by atoms with Gasteiger partial charge in [-0.05, 0) is 82.5 Å². The van der Waals surface area contributed by atoms with Crippen molar-refractivity contribution in [2.24, 2.45) is 0 Å². The summed E-state index contributed by atoms with van der Waals surface area (Å²) in [5.74, 6) is 1.42. The van der Waals surface area contributed by atoms with Crippen molar-refractivity contribution in [2.45, 2.75) is 53.3 Å². The maximum Gasteiger partial charge on any atom is 0.138 e. The summed E-state index contributed by atoms with van der Waals surface area (Å²) in [6.07, 6.45) is 1.40. The average Bonchev–Trinajstić information content (AvgIpc) is 4.01. The molecule has 4 heterocycles. The molecule has 0 saturated heterocycles. The third kappa shape index (κ3) is 7.36. The van der Waals surface area contributed by atoms with E-state index >= 15 is 0 Å². The van der Waals surface area contributed by atoms with E-state index in [2.05, 4.69) is 159 Å². The van der Waals surface area contributed by atoms with Crippen molar-refractivity contribution in [3.8, 4) is 39.5 Å². The van der Waals surface area contributed by atoms with Crippen LogP contribution in [0.15, 0.2) is 156 Å². The molecule has 6 heteroatoms. The van der Waals surface area contributed by atoms with Gasteiger partial charge in [0.1, 0.15) is 5.58 Å². The zero-order valence-electron chi connectivity index (χ0n) is 38.1. The van der Waals surface area contributed by atoms with Crippen LogP contribution < -0.4 is 0 Å². The molecule has 307 valence electrons. The van der Waals surface area contributed by atoms with Crippen molar-refractivity contribution in [2.75, 3.05) is 0 Å². The predicted molar refractivity (Wildman–Crippen MR) is 257 cm³/mol. The number of rotatable bonds is 6. The summed E-state index contributed by atoms with van der Waals surface area (Å²) < 4.78 is 33.5. The van der Waals surface area contributed by atoms with Gasteiger partial charge in [0.2, 0.25) is 0 Å². The van der Waals surface area contributed by atoms with Crippen LogP contribution in [0.5, 0.6) is 0 Å². The molecule has 7 aromatic carbocycles. The van der Waals surface area contributed by atoms with Gasteiger partial charge in [0.25, 0.3) is 0 Å². The molecule has 1 radical (unpaired) electrons. The maximum atomic E-state index is 7.26. The summed E-state index contributed by atoms with van der Waals surface area (Å²) in [5.41, 5.74) is 13.9. The van der Waals surface area contributed by atoms with E-state index in [1.165, 1.54) is 54.3 Å². The summed E-state index contributed by atoms with van der Waals surface area (Å²) >= 11 is 1.80. The minimum absolute atomic E-state index is 0. The Morgan fingerprint density at radius 3 is 2.11 bits per heavy atom. The number of furan rings is 1. The van der Waals surface area contributed by atoms with Crippen LogP contribution in [0.4, 0.5) is 0 Å². The number of imidazole rings is 1. The van der Waals surface area contributed by atoms with Crippen molar-refractivity contribution in [3.05, 3.63) is 186 Å². The smallest absolute Gasteiger partial charge is 0.138 e. The van der Waals surface area contributed by atoms with Crippen LogP contribution in [0.1, 0.15) is 65.9 Å². The van der Waals surface area contributed by atoms with E-state index in [1.54, 1.807) is 23.5 Å². The molecule has 0 aliphatic carbocycles. The molecular weight excluding hydrogens is 955 g/mol. The molecule has 0 amide bonds. The monoisotopic (exact) mass is 1000 g/mol. The maximum absolute atomic E-state index is 7.26. The Balaban J connectivity index is 0.000000250. The van der Waals surface area contributed by atoms with E-state index < -0.39 is 6.85 Å². The van der Waals surface area contributed by atoms with Crippen molar-refractivity contribution in [3.63, 3.8) is 0 Å². The van der Waals surface area contributed by atoms with E-state index in [9.17, 15) is 0 Å². The van der Waals surface area contributed by atoms with Gasteiger partial charge in [-0.25, -0.2) is 0 Å². The van der Waals surface area contributed by atoms with Crippen LogP contribution in [0.2, 0.25) is 0 Å². The molecule has 0 aliphatic heterocycles. The number of hydrogen-bond acceptors (Lipinski definition) is 4. The zero-order chi connectivity index (χ0) is 44.3. The molecule has 4 aromatic heterocycles. The van der Waals surface area contributed by atoms with Gasteiger partial charge >= 0.3 is 0 Å². The predicted octanol–water partition coefficient (Wildman–Crippen LogP) is 15.8. The minimum atomic E-state index is -2.09. The number of fused-ring (bicyclic) bond motifs is 8. The second-order valence-corrected chi connectivity index (χ2v) is 17.3. The van der Waals surface area contributed by atoms with E-state index in [1.807, 2.05) is 31.2 Å². The number of thiophene rings is 1. The zero-order valence-corrected chi connectivity index (χ0v) is 38.3. The van der Waals surface area contributed by atoms with Gasteiger partial charge in [0.15, 0.2) is 0 Å². The fourth-order valence-corrected chi connectivity index (χ4v) is 9.59. The SMILES string of the molecule is CC(C)c1cc(-c2ccccc2)cc(C(C)C)c1-n1c(-c2[c-]ccc3c2oc2c3ccc3c4ccccc4sc32)nc2ccccc21.[2H]C([2H])([2H])c1ccc(-c2[c-]cc(C)cc2)nc1.[Ir]. The number of aromatic nitrogens is 3. The Morgan fingerprint density at radius 1 is 0.677 bits per heavy atom. The largest absolute Gasteiger partial charge is 0.499 e. The molecule has 62 heavy (non-hydrogen) atoms. The second kappa shape index (κ2) is 16.9. The number of nitrogens with zero attached hydrogens (tertiary/aromatic N) is 3. The molecule has 0 atom stereocenters. The van der Waals surface area contributed by atoms with Crippen LogP contribution in [0.3, 0.4) is 0 Å². The van der Waals surface area contributed by atoms with E-state index in [4.69, 9.17) is 13.5 Å². The van der Waals surface area contributed by atoms with Crippen LogP contribution in [-0.2, 0) is 20.1 Å². The van der Waals surface area contributed by atoms with Crippen molar-refractivity contribution in [1.82, 2.24) is 14.5 Å². The first-order valence-electron chi connectivity index (χ1n) is 22.3. The van der Waals surface area contributed by atoms with Crippen molar-refractivity contribution in [1.29, 1.82) is 0 Å². The number of hydrogen-bond donors (Lipinski definition) is 0. The van der Waals surface area contributed by atoms with Crippen LogP contribution in [0, 0.1) is 25.9 Å². The first kappa shape index (κ1) is 37.6. The summed E-state index contributed by atoms with van der Waals surface area (Å²) in [7, 11) is 0. The third-order valence-corrected chi connectivity index (χ3v) is 12.7. The van der Waals surface area contributed by atoms with Crippen LogP contribution >= 0.6 is 11.3 Å². The first-order valence-corrected chi connectivity index (χ1v) is 21.6. The van der Waals surface area contributed by atoms with E-state index in [0.717, 1.165) is 61.2 Å². The summed E-state index contributed by atoms with van der Waals surface area (Å²) in [5, 5.41) is 4.70. The van der Waals surface area contributed by atoms with Gasteiger partial charge in [-0.3, -0.25) is 4.98 Å². The van der Waals surface area contributed by atoms with Crippen molar-refractivity contribution >= 4 is 64.5 Å². The quantitative estimate of drug-likeness (QED) is 0.156. The van der Waals surface area contributed by atoms with Gasteiger partial charge in [-0.1, -0.05) is 130 Å². The molecule has 4 nitrogen and oxygen atoms in total. The second-order valence-electron chi connectivity index (χ2n) is 16.3. The fourth-order valence-electron chi connectivity index (χ4n) is 8.40. The Kier molecular flexibility index (Phi) is 10.3. The first-order chi connectivity index (χ1) is 30.9. The summed E-state index contributed by atoms with van der Waals surface area (Å²) in [4.78, 5) is 9.49. The van der Waals surface area contributed by atoms with Gasteiger partial charge in [0.05, 0.1) is 27.1 Å². The number of para-hydroxylation sites is 2. The van der Waals surface area contributed by atoms with E-state index in [0.29, 0.717) is 0 Å². The number of benzene rings is 7. The molecule has 0 unspecified atom stereocenters. The molecule has 0 fully saturated rings. The molecule has 0 saturated carbocycles. The Hall–Kier alpha value is -6.17. The summed E-state index contributed by atoms with van der Waals surface area (Å²) in [6, 6.07) is 56.9. The van der Waals surface area contributed by atoms with Crippen molar-refractivity contribution < 1.29 is 28.6 Å². The molecule has 11 aromatic rings. The fraction of sp³-hybridized carbons (Fsp3) is 0.143. The molecule has 0 spiro atoms. The summed E-state index contributed by atoms with van der Waals surface area (Å²) in [6.45, 7) is 9.06. The molecule has 11 rings (SSSR count). The number of aryl methyl sites for hydroxylation is 2. The molecule has 0 bridgehead atoms. The third-order valence-electron chi connectivity index (χ3n) is 11.5. The minimum Gasteiger partial charge on any atom is -0.499 e.